The first kappa shape index (κ1) is 18.4. The summed E-state index contributed by atoms with van der Waals surface area (Å²) in [6, 6.07) is 5.86. The van der Waals surface area contributed by atoms with E-state index in [1.807, 2.05) is 36.9 Å². The molecule has 0 bridgehead atoms. The maximum absolute atomic E-state index is 11.1. The van der Waals surface area contributed by atoms with E-state index in [1.165, 1.54) is 0 Å². The van der Waals surface area contributed by atoms with Crippen LogP contribution in [0.2, 0.25) is 0 Å². The summed E-state index contributed by atoms with van der Waals surface area (Å²) in [5, 5.41) is 0. The molecule has 0 radical (unpaired) electrons. The number of hydrogen-bond donors (Lipinski definition) is 0. The number of ether oxygens (including phenoxy) is 1. The van der Waals surface area contributed by atoms with Gasteiger partial charge >= 0.3 is 0 Å². The fourth-order valence-corrected chi connectivity index (χ4v) is 2.60. The first-order valence-electron chi connectivity index (χ1n) is 7.63. The second-order valence-corrected chi connectivity index (χ2v) is 5.84. The normalized spacial score (nSPS) is 11.2. The van der Waals surface area contributed by atoms with Crippen molar-refractivity contribution >= 4 is 29.2 Å². The van der Waals surface area contributed by atoms with Gasteiger partial charge in [0.15, 0.2) is 0 Å². The van der Waals surface area contributed by atoms with Crippen molar-refractivity contribution in [1.82, 2.24) is 4.90 Å². The van der Waals surface area contributed by atoms with Gasteiger partial charge in [-0.3, -0.25) is 4.79 Å². The van der Waals surface area contributed by atoms with Crippen LogP contribution < -0.4 is 4.74 Å². The van der Waals surface area contributed by atoms with Crippen LogP contribution in [-0.4, -0.2) is 29.8 Å². The van der Waals surface area contributed by atoms with Gasteiger partial charge in [-0.25, -0.2) is 0 Å². The summed E-state index contributed by atoms with van der Waals surface area (Å²) < 4.78 is 5.25. The zero-order valence-electron chi connectivity index (χ0n) is 13.9. The lowest BCUT2D eigenvalue weighted by molar-refractivity contribution is -0.104. The molecule has 1 aromatic carbocycles. The van der Waals surface area contributed by atoms with E-state index in [4.69, 9.17) is 17.0 Å². The van der Waals surface area contributed by atoms with Gasteiger partial charge in [0.1, 0.15) is 12.0 Å². The molecule has 0 aliphatic heterocycles. The average Bonchev–Trinajstić information content (AvgIpc) is 2.50. The second kappa shape index (κ2) is 9.36. The van der Waals surface area contributed by atoms with Crippen molar-refractivity contribution < 1.29 is 11.0 Å². The Kier molecular flexibility index (Phi) is 7.82. The van der Waals surface area contributed by atoms with Gasteiger partial charge < -0.3 is 9.64 Å². The quantitative estimate of drug-likeness (QED) is 0.302. The zero-order chi connectivity index (χ0) is 16.5. The molecular formula is C18H27NO2S. The number of methoxy groups -OCH3 is 1. The predicted octanol–water partition coefficient (Wildman–Crippen LogP) is 4.63. The molecule has 3 nitrogen and oxygen atoms in total. The molecule has 1 aromatic rings. The van der Waals surface area contributed by atoms with Crippen LogP contribution in [0, 0.1) is 6.92 Å². The molecule has 0 saturated heterocycles. The van der Waals surface area contributed by atoms with E-state index in [2.05, 4.69) is 6.92 Å². The Morgan fingerprint density at radius 1 is 1.41 bits per heavy atom. The molecule has 122 valence electrons. The van der Waals surface area contributed by atoms with Crippen LogP contribution in [0.4, 0.5) is 0 Å². The van der Waals surface area contributed by atoms with Crippen molar-refractivity contribution in [2.45, 2.75) is 40.0 Å². The first-order valence-corrected chi connectivity index (χ1v) is 8.04. The van der Waals surface area contributed by atoms with Gasteiger partial charge in [-0.2, -0.15) is 0 Å². The number of allylic oxidation sites excluding steroid dienone is 1. The Bertz CT molecular complexity index is 558. The molecule has 0 saturated carbocycles. The SMILES string of the molecule is CCCCCN(C(C)=S)/C(=C\C=O)c1ccc(OC)cc1C.[HH]. The van der Waals surface area contributed by atoms with Crippen molar-refractivity contribution in [3.63, 3.8) is 0 Å². The minimum Gasteiger partial charge on any atom is -0.497 e. The summed E-state index contributed by atoms with van der Waals surface area (Å²) in [6.07, 6.45) is 5.77. The van der Waals surface area contributed by atoms with Gasteiger partial charge in [0.2, 0.25) is 0 Å². The largest absolute Gasteiger partial charge is 0.497 e. The summed E-state index contributed by atoms with van der Waals surface area (Å²) >= 11 is 5.39. The highest BCUT2D eigenvalue weighted by Crippen LogP contribution is 2.26. The molecule has 4 heteroatoms. The number of benzene rings is 1. The van der Waals surface area contributed by atoms with Crippen LogP contribution in [0.3, 0.4) is 0 Å². The van der Waals surface area contributed by atoms with Crippen molar-refractivity contribution in [1.29, 1.82) is 0 Å². The Morgan fingerprint density at radius 3 is 2.64 bits per heavy atom. The summed E-state index contributed by atoms with van der Waals surface area (Å²) in [5.74, 6) is 0.809. The molecule has 0 atom stereocenters. The van der Waals surface area contributed by atoms with Crippen molar-refractivity contribution in [3.8, 4) is 5.75 Å². The third kappa shape index (κ3) is 4.95. The highest BCUT2D eigenvalue weighted by Gasteiger charge is 2.15. The van der Waals surface area contributed by atoms with Crippen LogP contribution in [0.1, 0.15) is 45.7 Å². The lowest BCUT2D eigenvalue weighted by atomic mass is 10.0. The Morgan fingerprint density at radius 2 is 2.14 bits per heavy atom. The number of unbranched alkanes of at least 4 members (excludes halogenated alkanes) is 2. The van der Waals surface area contributed by atoms with E-state index >= 15 is 0 Å². The summed E-state index contributed by atoms with van der Waals surface area (Å²) in [5.41, 5.74) is 2.93. The minimum atomic E-state index is 0. The lowest BCUT2D eigenvalue weighted by Gasteiger charge is -2.27. The number of carbonyl (C=O) groups excluding carboxylic acids is 1. The van der Waals surface area contributed by atoms with Crippen LogP contribution in [-0.2, 0) is 4.79 Å². The predicted molar refractivity (Wildman–Crippen MR) is 98.4 cm³/mol. The number of thiocarbonyl (C=S) groups is 1. The lowest BCUT2D eigenvalue weighted by Crippen LogP contribution is -2.27. The molecular weight excluding hydrogens is 294 g/mol. The van der Waals surface area contributed by atoms with Gasteiger partial charge in [0, 0.05) is 19.6 Å². The van der Waals surface area contributed by atoms with Crippen LogP contribution in [0.15, 0.2) is 24.3 Å². The monoisotopic (exact) mass is 321 g/mol. The molecule has 0 aromatic heterocycles. The van der Waals surface area contributed by atoms with Gasteiger partial charge in [-0.05, 0) is 44.0 Å². The summed E-state index contributed by atoms with van der Waals surface area (Å²) in [7, 11) is 1.65. The van der Waals surface area contributed by atoms with Gasteiger partial charge in [-0.1, -0.05) is 32.0 Å². The molecule has 1 rings (SSSR count). The molecule has 0 heterocycles. The summed E-state index contributed by atoms with van der Waals surface area (Å²) in [6.45, 7) is 6.91. The van der Waals surface area contributed by atoms with E-state index in [0.29, 0.717) is 0 Å². The molecule has 0 spiro atoms. The molecule has 0 amide bonds. The maximum Gasteiger partial charge on any atom is 0.144 e. The molecule has 0 fully saturated rings. The molecule has 22 heavy (non-hydrogen) atoms. The molecule has 0 aliphatic carbocycles. The topological polar surface area (TPSA) is 29.5 Å². The molecule has 0 aliphatic rings. The number of aldehydes is 1. The second-order valence-electron chi connectivity index (χ2n) is 5.25. The van der Waals surface area contributed by atoms with E-state index in [-0.39, 0.29) is 1.43 Å². The zero-order valence-corrected chi connectivity index (χ0v) is 14.7. The van der Waals surface area contributed by atoms with Crippen LogP contribution >= 0.6 is 12.2 Å². The van der Waals surface area contributed by atoms with E-state index in [0.717, 1.165) is 59.7 Å². The highest BCUT2D eigenvalue weighted by molar-refractivity contribution is 7.80. The third-order valence-corrected chi connectivity index (χ3v) is 3.81. The number of hydrogen-bond acceptors (Lipinski definition) is 3. The highest BCUT2D eigenvalue weighted by atomic mass is 32.1. The number of nitrogens with zero attached hydrogens (tertiary/aromatic N) is 1. The van der Waals surface area contributed by atoms with Gasteiger partial charge in [-0.15, -0.1) is 0 Å². The Hall–Kier alpha value is -1.68. The minimum absolute atomic E-state index is 0. The average molecular weight is 321 g/mol. The van der Waals surface area contributed by atoms with Crippen molar-refractivity contribution in [3.05, 3.63) is 35.4 Å². The van der Waals surface area contributed by atoms with Gasteiger partial charge in [0.05, 0.1) is 17.8 Å². The van der Waals surface area contributed by atoms with Crippen LogP contribution in [0.25, 0.3) is 5.70 Å². The Balaban J connectivity index is 0.00000484. The fourth-order valence-electron chi connectivity index (χ4n) is 2.41. The number of rotatable bonds is 8. The third-order valence-electron chi connectivity index (χ3n) is 3.59. The van der Waals surface area contributed by atoms with Gasteiger partial charge in [0.25, 0.3) is 0 Å². The summed E-state index contributed by atoms with van der Waals surface area (Å²) in [4.78, 5) is 13.9. The molecule has 0 N–H and O–H groups in total. The fraction of sp³-hybridized carbons (Fsp3) is 0.444. The van der Waals surface area contributed by atoms with E-state index in [9.17, 15) is 4.79 Å². The van der Waals surface area contributed by atoms with Crippen molar-refractivity contribution in [2.24, 2.45) is 0 Å². The standard InChI is InChI=1S/C18H25NO2S.H2/c1-5-6-7-11-19(15(3)22)18(10-12-20)17-9-8-16(21-4)13-14(17)2;/h8-10,12-13H,5-7,11H2,1-4H3;1H/b18-10-;. The van der Waals surface area contributed by atoms with Crippen LogP contribution in [0.5, 0.6) is 5.75 Å². The van der Waals surface area contributed by atoms with Crippen molar-refractivity contribution in [2.75, 3.05) is 13.7 Å². The molecule has 0 unspecified atom stereocenters. The smallest absolute Gasteiger partial charge is 0.144 e. The number of aryl methyl sites for hydroxylation is 1. The van der Waals surface area contributed by atoms with E-state index < -0.39 is 0 Å². The van der Waals surface area contributed by atoms with E-state index in [1.54, 1.807) is 13.2 Å². The maximum atomic E-state index is 11.1. The number of carbonyl (C=O) groups is 1. The Labute approximate surface area is 140 Å². The first-order chi connectivity index (χ1) is 10.5.